The van der Waals surface area contributed by atoms with Gasteiger partial charge in [-0.3, -0.25) is 0 Å². The van der Waals surface area contributed by atoms with Gasteiger partial charge in [-0.25, -0.2) is 9.67 Å². The van der Waals surface area contributed by atoms with Crippen LogP contribution in [0.4, 0.5) is 0 Å². The van der Waals surface area contributed by atoms with E-state index in [0.717, 1.165) is 41.9 Å². The fourth-order valence-electron chi connectivity index (χ4n) is 2.27. The second kappa shape index (κ2) is 4.82. The maximum Gasteiger partial charge on any atom is 0.155 e. The lowest BCUT2D eigenvalue weighted by Gasteiger charge is -2.17. The minimum absolute atomic E-state index is 0.234. The molecule has 3 rings (SSSR count). The Hall–Kier alpha value is -1.20. The number of halogens is 1. The average molecular weight is 307 g/mol. The Bertz CT molecular complexity index is 564. The van der Waals surface area contributed by atoms with Crippen molar-refractivity contribution < 1.29 is 0 Å². The largest absolute Gasteiger partial charge is 0.327 e. The minimum Gasteiger partial charge on any atom is -0.327 e. The van der Waals surface area contributed by atoms with E-state index < -0.39 is 0 Å². The molecule has 0 aliphatic carbocycles. The van der Waals surface area contributed by atoms with E-state index in [1.807, 2.05) is 22.9 Å². The molecule has 2 heterocycles. The molecular weight excluding hydrogens is 292 g/mol. The highest BCUT2D eigenvalue weighted by atomic mass is 79.9. The summed E-state index contributed by atoms with van der Waals surface area (Å²) in [5.41, 5.74) is 7.16. The van der Waals surface area contributed by atoms with Crippen LogP contribution in [0.15, 0.2) is 28.7 Å². The average Bonchev–Trinajstić information content (AvgIpc) is 2.73. The van der Waals surface area contributed by atoms with Crippen LogP contribution in [0.5, 0.6) is 0 Å². The molecular formula is C13H15BrN4. The molecule has 1 aliphatic heterocycles. The Morgan fingerprint density at radius 2 is 2.22 bits per heavy atom. The second-order valence-electron chi connectivity index (χ2n) is 4.69. The van der Waals surface area contributed by atoms with Crippen molar-refractivity contribution in [2.75, 3.05) is 0 Å². The molecule has 0 amide bonds. The topological polar surface area (TPSA) is 56.7 Å². The van der Waals surface area contributed by atoms with Gasteiger partial charge in [-0.2, -0.15) is 5.10 Å². The molecule has 4 nitrogen and oxygen atoms in total. The Morgan fingerprint density at radius 3 is 3.06 bits per heavy atom. The number of nitrogens with zero attached hydrogens (tertiary/aromatic N) is 3. The van der Waals surface area contributed by atoms with Gasteiger partial charge in [0.05, 0.1) is 0 Å². The molecule has 1 unspecified atom stereocenters. The third kappa shape index (κ3) is 2.33. The van der Waals surface area contributed by atoms with Crippen LogP contribution in [0, 0.1) is 0 Å². The first-order chi connectivity index (χ1) is 8.72. The first kappa shape index (κ1) is 11.9. The molecule has 0 fully saturated rings. The summed E-state index contributed by atoms with van der Waals surface area (Å²) in [6.07, 6.45) is 2.59. The summed E-state index contributed by atoms with van der Waals surface area (Å²) in [4.78, 5) is 4.59. The smallest absolute Gasteiger partial charge is 0.155 e. The van der Waals surface area contributed by atoms with Crippen molar-refractivity contribution in [1.82, 2.24) is 14.8 Å². The summed E-state index contributed by atoms with van der Waals surface area (Å²) in [6.45, 7) is 0.888. The molecule has 1 aliphatic rings. The van der Waals surface area contributed by atoms with Gasteiger partial charge in [0.1, 0.15) is 5.82 Å². The van der Waals surface area contributed by atoms with E-state index in [1.165, 1.54) is 5.56 Å². The predicted octanol–water partition coefficient (Wildman–Crippen LogP) is 1.90. The van der Waals surface area contributed by atoms with Crippen LogP contribution >= 0.6 is 15.9 Å². The van der Waals surface area contributed by atoms with Crippen molar-refractivity contribution >= 4 is 15.9 Å². The van der Waals surface area contributed by atoms with Gasteiger partial charge in [0, 0.05) is 29.9 Å². The Morgan fingerprint density at radius 1 is 1.39 bits per heavy atom. The van der Waals surface area contributed by atoms with E-state index in [1.54, 1.807) is 0 Å². The fraction of sp³-hybridized carbons (Fsp3) is 0.385. The number of hydrogen-bond acceptors (Lipinski definition) is 3. The van der Waals surface area contributed by atoms with E-state index in [4.69, 9.17) is 5.73 Å². The molecule has 0 radical (unpaired) electrons. The highest BCUT2D eigenvalue weighted by Crippen LogP contribution is 2.19. The molecule has 2 N–H and O–H groups in total. The fourth-order valence-corrected chi connectivity index (χ4v) is 2.69. The van der Waals surface area contributed by atoms with Crippen molar-refractivity contribution in [3.8, 4) is 0 Å². The van der Waals surface area contributed by atoms with Crippen molar-refractivity contribution in [2.24, 2.45) is 5.73 Å². The number of rotatable bonds is 2. The third-order valence-corrected chi connectivity index (χ3v) is 4.03. The molecule has 18 heavy (non-hydrogen) atoms. The van der Waals surface area contributed by atoms with Gasteiger partial charge in [0.25, 0.3) is 0 Å². The maximum absolute atomic E-state index is 5.95. The van der Waals surface area contributed by atoms with Gasteiger partial charge < -0.3 is 5.73 Å². The molecule has 0 saturated heterocycles. The maximum atomic E-state index is 5.95. The molecule has 0 bridgehead atoms. The van der Waals surface area contributed by atoms with Gasteiger partial charge in [-0.05, 0) is 18.1 Å². The highest BCUT2D eigenvalue weighted by Gasteiger charge is 2.19. The molecule has 1 aromatic heterocycles. The Balaban J connectivity index is 1.84. The third-order valence-electron chi connectivity index (χ3n) is 3.26. The zero-order chi connectivity index (χ0) is 12.5. The zero-order valence-corrected chi connectivity index (χ0v) is 11.6. The lowest BCUT2D eigenvalue weighted by atomic mass is 10.1. The van der Waals surface area contributed by atoms with Crippen LogP contribution < -0.4 is 5.73 Å². The van der Waals surface area contributed by atoms with Crippen LogP contribution in [0.25, 0.3) is 0 Å². The van der Waals surface area contributed by atoms with Crippen molar-refractivity contribution in [3.63, 3.8) is 0 Å². The Labute approximate surface area is 114 Å². The van der Waals surface area contributed by atoms with E-state index in [2.05, 4.69) is 32.1 Å². The van der Waals surface area contributed by atoms with Crippen LogP contribution in [0.1, 0.15) is 23.6 Å². The molecule has 0 saturated carbocycles. The minimum atomic E-state index is 0.234. The summed E-state index contributed by atoms with van der Waals surface area (Å²) >= 11 is 3.55. The zero-order valence-electron chi connectivity index (χ0n) is 10.0. The number of hydrogen-bond donors (Lipinski definition) is 1. The Kier molecular flexibility index (Phi) is 3.18. The first-order valence-corrected chi connectivity index (χ1v) is 6.93. The van der Waals surface area contributed by atoms with E-state index >= 15 is 0 Å². The molecule has 5 heteroatoms. The first-order valence-electron chi connectivity index (χ1n) is 6.14. The standard InChI is InChI=1S/C13H15BrN4/c14-11-4-2-1-3-9(11)7-12-16-13-8-10(15)5-6-18(13)17-12/h1-4,10H,5-8,15H2. The van der Waals surface area contributed by atoms with E-state index in [-0.39, 0.29) is 6.04 Å². The summed E-state index contributed by atoms with van der Waals surface area (Å²) in [5.74, 6) is 1.90. The van der Waals surface area contributed by atoms with Crippen LogP contribution in [-0.4, -0.2) is 20.8 Å². The van der Waals surface area contributed by atoms with Crippen LogP contribution in [-0.2, 0) is 19.4 Å². The predicted molar refractivity (Wildman–Crippen MR) is 73.3 cm³/mol. The number of aryl methyl sites for hydroxylation is 1. The lowest BCUT2D eigenvalue weighted by Crippen LogP contribution is -2.31. The second-order valence-corrected chi connectivity index (χ2v) is 5.54. The van der Waals surface area contributed by atoms with Gasteiger partial charge in [0.2, 0.25) is 0 Å². The monoisotopic (exact) mass is 306 g/mol. The van der Waals surface area contributed by atoms with Crippen LogP contribution in [0.2, 0.25) is 0 Å². The number of benzene rings is 1. The summed E-state index contributed by atoms with van der Waals surface area (Å²) in [7, 11) is 0. The summed E-state index contributed by atoms with van der Waals surface area (Å²) < 4.78 is 3.10. The van der Waals surface area contributed by atoms with Crippen LogP contribution in [0.3, 0.4) is 0 Å². The van der Waals surface area contributed by atoms with Gasteiger partial charge >= 0.3 is 0 Å². The summed E-state index contributed by atoms with van der Waals surface area (Å²) in [5, 5.41) is 4.55. The molecule has 0 spiro atoms. The van der Waals surface area contributed by atoms with E-state index in [9.17, 15) is 0 Å². The summed E-state index contributed by atoms with van der Waals surface area (Å²) in [6, 6.07) is 8.42. The number of nitrogens with two attached hydrogens (primary N) is 1. The SMILES string of the molecule is NC1CCn2nc(Cc3ccccc3Br)nc2C1. The number of fused-ring (bicyclic) bond motifs is 1. The van der Waals surface area contributed by atoms with Crippen molar-refractivity contribution in [3.05, 3.63) is 46.0 Å². The van der Waals surface area contributed by atoms with Gasteiger partial charge in [-0.15, -0.1) is 0 Å². The van der Waals surface area contributed by atoms with Crippen molar-refractivity contribution in [2.45, 2.75) is 31.8 Å². The molecule has 94 valence electrons. The number of aromatic nitrogens is 3. The molecule has 2 aromatic rings. The van der Waals surface area contributed by atoms with Gasteiger partial charge in [0.15, 0.2) is 5.82 Å². The quantitative estimate of drug-likeness (QED) is 0.922. The highest BCUT2D eigenvalue weighted by molar-refractivity contribution is 9.10. The molecule has 1 aromatic carbocycles. The van der Waals surface area contributed by atoms with Crippen molar-refractivity contribution in [1.29, 1.82) is 0 Å². The normalized spacial score (nSPS) is 18.7. The van der Waals surface area contributed by atoms with E-state index in [0.29, 0.717) is 0 Å². The molecule has 1 atom stereocenters. The lowest BCUT2D eigenvalue weighted by molar-refractivity contribution is 0.432. The van der Waals surface area contributed by atoms with Gasteiger partial charge in [-0.1, -0.05) is 34.1 Å².